The van der Waals surface area contributed by atoms with E-state index in [1.54, 1.807) is 24.3 Å². The molecule has 1 rings (SSSR count). The van der Waals surface area contributed by atoms with Crippen LogP contribution in [0.25, 0.3) is 0 Å². The molecule has 6 nitrogen and oxygen atoms in total. The number of hydrogen-bond donors (Lipinski definition) is 2. The molecule has 0 atom stereocenters. The van der Waals surface area contributed by atoms with Gasteiger partial charge in [0.2, 0.25) is 10.0 Å². The van der Waals surface area contributed by atoms with E-state index >= 15 is 0 Å². The van der Waals surface area contributed by atoms with Crippen molar-refractivity contribution in [2.75, 3.05) is 40.4 Å². The molecule has 0 radical (unpaired) electrons. The summed E-state index contributed by atoms with van der Waals surface area (Å²) in [4.78, 5) is 2.00. The normalized spacial score (nSPS) is 12.0. The summed E-state index contributed by atoms with van der Waals surface area (Å²) in [5.41, 5.74) is 1.45. The lowest BCUT2D eigenvalue weighted by atomic mass is 10.2. The van der Waals surface area contributed by atoms with Crippen LogP contribution in [-0.4, -0.2) is 58.8 Å². The highest BCUT2D eigenvalue weighted by Crippen LogP contribution is 2.07. The fourth-order valence-corrected chi connectivity index (χ4v) is 2.76. The van der Waals surface area contributed by atoms with Crippen molar-refractivity contribution in [2.24, 2.45) is 0 Å². The van der Waals surface area contributed by atoms with Gasteiger partial charge in [0, 0.05) is 13.1 Å². The smallest absolute Gasteiger partial charge is 0.215 e. The van der Waals surface area contributed by atoms with Crippen LogP contribution < -0.4 is 4.72 Å². The summed E-state index contributed by atoms with van der Waals surface area (Å²) in [5, 5.41) is 8.93. The van der Waals surface area contributed by atoms with Crippen LogP contribution in [-0.2, 0) is 27.1 Å². The topological polar surface area (TPSA) is 78.9 Å². The van der Waals surface area contributed by atoms with Crippen LogP contribution in [0.4, 0.5) is 0 Å². The van der Waals surface area contributed by atoms with Gasteiger partial charge in [0.25, 0.3) is 0 Å². The SMILES string of the molecule is CN(C)CCOCCNS(=O)(=O)Cc1ccc(CO)cc1. The molecule has 0 saturated carbocycles. The van der Waals surface area contributed by atoms with Crippen molar-refractivity contribution in [1.82, 2.24) is 9.62 Å². The summed E-state index contributed by atoms with van der Waals surface area (Å²) in [6.45, 7) is 1.97. The Morgan fingerprint density at radius 2 is 1.76 bits per heavy atom. The Kier molecular flexibility index (Phi) is 7.84. The Morgan fingerprint density at radius 1 is 1.14 bits per heavy atom. The van der Waals surface area contributed by atoms with Gasteiger partial charge in [-0.25, -0.2) is 13.1 Å². The van der Waals surface area contributed by atoms with Crippen LogP contribution in [0.3, 0.4) is 0 Å². The molecule has 0 aromatic heterocycles. The number of hydrogen-bond acceptors (Lipinski definition) is 5. The highest BCUT2D eigenvalue weighted by Gasteiger charge is 2.10. The molecule has 0 bridgehead atoms. The molecule has 0 unspecified atom stereocenters. The molecule has 0 amide bonds. The van der Waals surface area contributed by atoms with Crippen molar-refractivity contribution in [2.45, 2.75) is 12.4 Å². The molecule has 7 heteroatoms. The van der Waals surface area contributed by atoms with E-state index < -0.39 is 10.0 Å². The maximum Gasteiger partial charge on any atom is 0.215 e. The molecule has 120 valence electrons. The third-order valence-electron chi connectivity index (χ3n) is 2.81. The van der Waals surface area contributed by atoms with E-state index in [4.69, 9.17) is 9.84 Å². The van der Waals surface area contributed by atoms with E-state index in [-0.39, 0.29) is 18.9 Å². The molecule has 0 aliphatic carbocycles. The van der Waals surface area contributed by atoms with Crippen LogP contribution in [0, 0.1) is 0 Å². The fourth-order valence-electron chi connectivity index (χ4n) is 1.63. The molecule has 0 aliphatic heterocycles. The summed E-state index contributed by atoms with van der Waals surface area (Å²) >= 11 is 0. The maximum absolute atomic E-state index is 11.9. The minimum atomic E-state index is -3.36. The van der Waals surface area contributed by atoms with E-state index in [1.165, 1.54) is 0 Å². The predicted octanol–water partition coefficient (Wildman–Crippen LogP) is 0.177. The van der Waals surface area contributed by atoms with Crippen LogP contribution in [0.2, 0.25) is 0 Å². The lowest BCUT2D eigenvalue weighted by Crippen LogP contribution is -2.29. The predicted molar refractivity (Wildman–Crippen MR) is 82.4 cm³/mol. The van der Waals surface area contributed by atoms with Crippen molar-refractivity contribution in [3.8, 4) is 0 Å². The van der Waals surface area contributed by atoms with E-state index in [0.717, 1.165) is 12.1 Å². The van der Waals surface area contributed by atoms with Crippen molar-refractivity contribution >= 4 is 10.0 Å². The second kappa shape index (κ2) is 9.11. The third kappa shape index (κ3) is 8.13. The van der Waals surface area contributed by atoms with Gasteiger partial charge < -0.3 is 14.7 Å². The molecule has 0 fully saturated rings. The second-order valence-corrected chi connectivity index (χ2v) is 6.85. The lowest BCUT2D eigenvalue weighted by Gasteiger charge is -2.10. The zero-order chi connectivity index (χ0) is 15.7. The molecule has 0 heterocycles. The second-order valence-electron chi connectivity index (χ2n) is 5.04. The highest BCUT2D eigenvalue weighted by molar-refractivity contribution is 7.88. The van der Waals surface area contributed by atoms with Crippen LogP contribution in [0.15, 0.2) is 24.3 Å². The summed E-state index contributed by atoms with van der Waals surface area (Å²) in [6.07, 6.45) is 0. The van der Waals surface area contributed by atoms with Gasteiger partial charge >= 0.3 is 0 Å². The Morgan fingerprint density at radius 3 is 2.33 bits per heavy atom. The summed E-state index contributed by atoms with van der Waals surface area (Å²) in [6, 6.07) is 6.85. The molecule has 21 heavy (non-hydrogen) atoms. The van der Waals surface area contributed by atoms with Crippen LogP contribution >= 0.6 is 0 Å². The number of nitrogens with one attached hydrogen (secondary N) is 1. The maximum atomic E-state index is 11.9. The van der Waals surface area contributed by atoms with Gasteiger partial charge in [0.05, 0.1) is 25.6 Å². The average Bonchev–Trinajstić information content (AvgIpc) is 2.43. The van der Waals surface area contributed by atoms with Crippen molar-refractivity contribution in [3.05, 3.63) is 35.4 Å². The first-order chi connectivity index (χ1) is 9.93. The van der Waals surface area contributed by atoms with Gasteiger partial charge in [0.1, 0.15) is 0 Å². The first-order valence-electron chi connectivity index (χ1n) is 6.81. The molecule has 0 spiro atoms. The zero-order valence-electron chi connectivity index (χ0n) is 12.6. The number of sulfonamides is 1. The Hall–Kier alpha value is -0.990. The average molecular weight is 316 g/mol. The molecule has 0 saturated heterocycles. The summed E-state index contributed by atoms with van der Waals surface area (Å²) < 4.78 is 31.6. The lowest BCUT2D eigenvalue weighted by molar-refractivity contribution is 0.122. The first kappa shape index (κ1) is 18.1. The number of aliphatic hydroxyl groups excluding tert-OH is 1. The summed E-state index contributed by atoms with van der Waals surface area (Å²) in [7, 11) is 0.544. The zero-order valence-corrected chi connectivity index (χ0v) is 13.4. The van der Waals surface area contributed by atoms with Gasteiger partial charge in [-0.15, -0.1) is 0 Å². The molecule has 1 aromatic rings. The Balaban J connectivity index is 2.29. The number of ether oxygens (including phenoxy) is 1. The monoisotopic (exact) mass is 316 g/mol. The van der Waals surface area contributed by atoms with Gasteiger partial charge in [0.15, 0.2) is 0 Å². The Bertz CT molecular complexity index is 500. The number of nitrogens with zero attached hydrogens (tertiary/aromatic N) is 1. The van der Waals surface area contributed by atoms with Crippen LogP contribution in [0.1, 0.15) is 11.1 Å². The number of aliphatic hydroxyl groups is 1. The number of likely N-dealkylation sites (N-methyl/N-ethyl adjacent to an activating group) is 1. The van der Waals surface area contributed by atoms with E-state index in [9.17, 15) is 8.42 Å². The van der Waals surface area contributed by atoms with E-state index in [2.05, 4.69) is 4.72 Å². The Labute approximate surface area is 126 Å². The van der Waals surface area contributed by atoms with E-state index in [0.29, 0.717) is 18.8 Å². The number of benzene rings is 1. The molecule has 0 aliphatic rings. The van der Waals surface area contributed by atoms with Gasteiger partial charge in [-0.05, 0) is 25.2 Å². The van der Waals surface area contributed by atoms with Gasteiger partial charge in [-0.2, -0.15) is 0 Å². The quantitative estimate of drug-likeness (QED) is 0.602. The molecule has 1 aromatic carbocycles. The molecule has 2 N–H and O–H groups in total. The molecular weight excluding hydrogens is 292 g/mol. The third-order valence-corrected chi connectivity index (χ3v) is 4.17. The minimum absolute atomic E-state index is 0.0461. The fraction of sp³-hybridized carbons (Fsp3) is 0.571. The van der Waals surface area contributed by atoms with Crippen LogP contribution in [0.5, 0.6) is 0 Å². The molecular formula is C14H24N2O4S. The van der Waals surface area contributed by atoms with Crippen molar-refractivity contribution in [1.29, 1.82) is 0 Å². The van der Waals surface area contributed by atoms with E-state index in [1.807, 2.05) is 19.0 Å². The standard InChI is InChI=1S/C14H24N2O4S/c1-16(2)8-10-20-9-7-15-21(18,19)12-14-5-3-13(11-17)4-6-14/h3-6,15,17H,7-12H2,1-2H3. The minimum Gasteiger partial charge on any atom is -0.392 e. The van der Waals surface area contributed by atoms with Crippen molar-refractivity contribution in [3.63, 3.8) is 0 Å². The largest absolute Gasteiger partial charge is 0.392 e. The van der Waals surface area contributed by atoms with Gasteiger partial charge in [-0.1, -0.05) is 24.3 Å². The number of rotatable bonds is 10. The highest BCUT2D eigenvalue weighted by atomic mass is 32.2. The van der Waals surface area contributed by atoms with Gasteiger partial charge in [-0.3, -0.25) is 0 Å². The summed E-state index contributed by atoms with van der Waals surface area (Å²) in [5.74, 6) is -0.0730. The first-order valence-corrected chi connectivity index (χ1v) is 8.46. The van der Waals surface area contributed by atoms with Crippen molar-refractivity contribution < 1.29 is 18.3 Å².